The Morgan fingerprint density at radius 3 is 0.886 bits per heavy atom. The zero-order chi connectivity index (χ0) is 58.6. The quantitative estimate of drug-likeness (QED) is 0.0280. The first-order valence-corrected chi connectivity index (χ1v) is 29.9. The van der Waals surface area contributed by atoms with Crippen molar-refractivity contribution in [1.29, 1.82) is 0 Å². The molecule has 9 rings (SSSR count). The van der Waals surface area contributed by atoms with Gasteiger partial charge in [0, 0.05) is 137 Å². The van der Waals surface area contributed by atoms with Gasteiger partial charge in [-0.3, -0.25) is 19.2 Å². The van der Waals surface area contributed by atoms with E-state index in [2.05, 4.69) is 175 Å². The Labute approximate surface area is 557 Å². The van der Waals surface area contributed by atoms with E-state index < -0.39 is 0 Å². The highest BCUT2D eigenvalue weighted by atomic mass is 79.9. The van der Waals surface area contributed by atoms with Crippen LogP contribution in [0.3, 0.4) is 0 Å². The minimum Gasteiger partial charge on any atom is -1.00 e. The van der Waals surface area contributed by atoms with Crippen LogP contribution in [0.2, 0.25) is 0 Å². The monoisotopic (exact) mass is 1450 g/mol. The number of fused-ring (bicyclic) bond motifs is 8. The molecule has 16 nitrogen and oxygen atoms in total. The van der Waals surface area contributed by atoms with E-state index in [0.29, 0.717) is 104 Å². The fraction of sp³-hybridized carbons (Fsp3) is 0.353. The third-order valence-electron chi connectivity index (χ3n) is 14.8. The van der Waals surface area contributed by atoms with Crippen molar-refractivity contribution in [2.24, 2.45) is 0 Å². The van der Waals surface area contributed by atoms with Gasteiger partial charge in [0.2, 0.25) is 0 Å². The number of carbonyl (C=O) groups is 4. The van der Waals surface area contributed by atoms with E-state index in [4.69, 9.17) is 28.9 Å². The van der Waals surface area contributed by atoms with E-state index in [0.717, 1.165) is 115 Å². The van der Waals surface area contributed by atoms with Gasteiger partial charge in [0.15, 0.2) is 49.6 Å². The smallest absolute Gasteiger partial charge is 0.305 e. The molecule has 0 atom stereocenters. The number of unbranched alkanes of at least 4 members (excludes halogenated alkanes) is 4. The second kappa shape index (κ2) is 36.5. The summed E-state index contributed by atoms with van der Waals surface area (Å²) in [7, 11) is 0. The van der Waals surface area contributed by atoms with Crippen molar-refractivity contribution in [3.05, 3.63) is 145 Å². The van der Waals surface area contributed by atoms with Gasteiger partial charge < -0.3 is 96.8 Å². The lowest BCUT2D eigenvalue weighted by atomic mass is 10.0. The zero-order valence-corrected chi connectivity index (χ0v) is 56.8. The van der Waals surface area contributed by atoms with E-state index in [-0.39, 0.29) is 91.8 Å². The predicted octanol–water partition coefficient (Wildman–Crippen LogP) is -0.577. The van der Waals surface area contributed by atoms with Crippen LogP contribution >= 0.6 is 0 Å². The zero-order valence-electron chi connectivity index (χ0n) is 50.5. The Morgan fingerprint density at radius 2 is 0.602 bits per heavy atom. The van der Waals surface area contributed by atoms with Crippen LogP contribution in [0.4, 0.5) is 0 Å². The molecule has 7 aromatic heterocycles. The van der Waals surface area contributed by atoms with Crippen LogP contribution in [0.25, 0.3) is 90.9 Å². The van der Waals surface area contributed by atoms with Gasteiger partial charge >= 0.3 is 23.9 Å². The minimum atomic E-state index is -0.181. The molecule has 0 aromatic carbocycles. The molecule has 8 bridgehead atoms. The summed E-state index contributed by atoms with van der Waals surface area (Å²) < 4.78 is 29.5. The van der Waals surface area contributed by atoms with Crippen LogP contribution < -0.4 is 86.2 Å². The number of hydrogen-bond donors (Lipinski definition) is 2. The first-order chi connectivity index (χ1) is 41.1. The summed E-state index contributed by atoms with van der Waals surface area (Å²) >= 11 is 0. The van der Waals surface area contributed by atoms with Crippen LogP contribution in [0, 0.1) is 0 Å². The lowest BCUT2D eigenvalue weighted by Crippen LogP contribution is -3.00. The highest BCUT2D eigenvalue weighted by Gasteiger charge is 2.23. The molecule has 2 aliphatic rings. The molecule has 0 aliphatic carbocycles. The maximum Gasteiger partial charge on any atom is 0.305 e. The van der Waals surface area contributed by atoms with Crippen LogP contribution in [0.1, 0.15) is 128 Å². The van der Waals surface area contributed by atoms with Gasteiger partial charge in [-0.05, 0) is 126 Å². The molecule has 0 unspecified atom stereocenters. The highest BCUT2D eigenvalue weighted by molar-refractivity contribution is 6.00. The number of pyridine rings is 4. The molecule has 2 aliphatic heterocycles. The number of aromatic amines is 2. The first-order valence-electron chi connectivity index (χ1n) is 29.9. The number of esters is 4. The fourth-order valence-corrected chi connectivity index (χ4v) is 10.8. The standard InChI is InChI=1S/C68H78N8O8.4BrH/c1-5-81-61(77)25-9-13-37-73-41-17-21-49(45-73)65-53-29-31-55(69-53)66(50-22-18-42-74(46-50)38-14-10-26-62(78)82-6-2)57-33-35-59(71-57)68(52-24-20-44-76(48-52)40-16-12-28-64(80)84-8-4)60-36-34-58(72-60)67(56-32-30-54(65)70-56)51-23-19-43-75(47-51)39-15-11-27-63(79)83-7-3;;;;/h17-24,29-36,41-48,69-70H,5-16,25-28,37-40H2,1-4H3;4*1H/q+4;;;;/p-4. The molecule has 0 spiro atoms. The summed E-state index contributed by atoms with van der Waals surface area (Å²) in [5.74, 6) is -0.715. The largest absolute Gasteiger partial charge is 1.00 e. The second-order valence-corrected chi connectivity index (χ2v) is 20.9. The van der Waals surface area contributed by atoms with Crippen LogP contribution in [0.15, 0.2) is 122 Å². The fourth-order valence-electron chi connectivity index (χ4n) is 10.8. The summed E-state index contributed by atoms with van der Waals surface area (Å²) in [5, 5.41) is 0. The van der Waals surface area contributed by atoms with E-state index >= 15 is 0 Å². The van der Waals surface area contributed by atoms with Gasteiger partial charge in [0.25, 0.3) is 0 Å². The predicted molar refractivity (Wildman–Crippen MR) is 323 cm³/mol. The SMILES string of the molecule is CCOC(=O)CCCC[n+]1cccc(-c2c3nc(c(-c4ccc[n+](CCCCC(=O)OCC)c4)c4ccc([nH]4)c(-c4ccc[n+](CCCCC(=O)OCC)c4)c4ccc([nH]4)c(-c4ccc[n+](CCCCC(=O)OCC)c4)c4nc2C=C4)C=C3)c1.[Br-].[Br-].[Br-].[Br-]. The third-order valence-corrected chi connectivity index (χ3v) is 14.8. The molecule has 0 saturated heterocycles. The lowest BCUT2D eigenvalue weighted by Gasteiger charge is -2.07. The Hall–Kier alpha value is -7.00. The number of nitrogens with one attached hydrogen (secondary N) is 2. The number of hydrogen-bond acceptors (Lipinski definition) is 10. The summed E-state index contributed by atoms with van der Waals surface area (Å²) in [6.45, 7) is 11.6. The van der Waals surface area contributed by atoms with Gasteiger partial charge in [-0.25, -0.2) is 28.2 Å². The maximum absolute atomic E-state index is 12.2. The normalized spacial score (nSPS) is 11.1. The summed E-state index contributed by atoms with van der Waals surface area (Å²) in [6.07, 6.45) is 32.7. The number of aryl methyl sites for hydroxylation is 4. The summed E-state index contributed by atoms with van der Waals surface area (Å²) in [6, 6.07) is 25.3. The molecule has 7 aromatic rings. The topological polar surface area (TPSA) is 178 Å². The molecular formula is C68H78Br4N8O8. The Morgan fingerprint density at radius 1 is 0.352 bits per heavy atom. The van der Waals surface area contributed by atoms with Gasteiger partial charge in [0.1, 0.15) is 26.2 Å². The van der Waals surface area contributed by atoms with Crippen LogP contribution in [0.5, 0.6) is 0 Å². The van der Waals surface area contributed by atoms with Crippen molar-refractivity contribution in [2.45, 2.75) is 131 Å². The molecule has 9 heterocycles. The maximum atomic E-state index is 12.2. The van der Waals surface area contributed by atoms with Crippen molar-refractivity contribution in [2.75, 3.05) is 26.4 Å². The number of aromatic nitrogens is 8. The van der Waals surface area contributed by atoms with Gasteiger partial charge in [-0.1, -0.05) is 0 Å². The summed E-state index contributed by atoms with van der Waals surface area (Å²) in [4.78, 5) is 67.9. The number of halogens is 4. The van der Waals surface area contributed by atoms with Gasteiger partial charge in [0.05, 0.1) is 54.8 Å². The molecule has 2 N–H and O–H groups in total. The van der Waals surface area contributed by atoms with E-state index in [1.807, 2.05) is 27.7 Å². The molecular weight excluding hydrogens is 1380 g/mol. The lowest BCUT2D eigenvalue weighted by molar-refractivity contribution is -0.697. The van der Waals surface area contributed by atoms with Crippen molar-refractivity contribution < 1.29 is 124 Å². The molecule has 0 amide bonds. The second-order valence-electron chi connectivity index (χ2n) is 20.9. The molecule has 20 heteroatoms. The molecule has 466 valence electrons. The molecule has 0 radical (unpaired) electrons. The van der Waals surface area contributed by atoms with E-state index in [9.17, 15) is 19.2 Å². The number of ether oxygens (including phenoxy) is 4. The number of H-pyrrole nitrogens is 2. The average Bonchev–Trinajstić information content (AvgIpc) is 2.71. The first kappa shape index (κ1) is 71.8. The molecule has 88 heavy (non-hydrogen) atoms. The molecule has 0 fully saturated rings. The third kappa shape index (κ3) is 19.5. The number of rotatable bonds is 28. The Bertz CT molecular complexity index is 3570. The number of nitrogens with zero attached hydrogens (tertiary/aromatic N) is 6. The van der Waals surface area contributed by atoms with Crippen molar-refractivity contribution in [1.82, 2.24) is 19.9 Å². The Balaban J connectivity index is 0.00000353. The van der Waals surface area contributed by atoms with Gasteiger partial charge in [-0.15, -0.1) is 0 Å². The van der Waals surface area contributed by atoms with E-state index in [1.54, 1.807) is 0 Å². The summed E-state index contributed by atoms with van der Waals surface area (Å²) in [5.41, 5.74) is 14.0. The van der Waals surface area contributed by atoms with Crippen molar-refractivity contribution in [3.63, 3.8) is 0 Å². The van der Waals surface area contributed by atoms with Crippen LogP contribution in [-0.4, -0.2) is 70.2 Å². The Kier molecular flexibility index (Phi) is 29.7. The number of carbonyl (C=O) groups excluding carboxylic acids is 4. The van der Waals surface area contributed by atoms with Crippen molar-refractivity contribution in [3.8, 4) is 44.5 Å². The molecule has 0 saturated carbocycles. The van der Waals surface area contributed by atoms with Crippen molar-refractivity contribution >= 4 is 70.2 Å². The van der Waals surface area contributed by atoms with Gasteiger partial charge in [-0.2, -0.15) is 0 Å². The highest BCUT2D eigenvalue weighted by Crippen LogP contribution is 2.38. The van der Waals surface area contributed by atoms with Crippen LogP contribution in [-0.2, 0) is 64.3 Å². The minimum absolute atomic E-state index is 0. The average molecular weight is 1460 g/mol. The van der Waals surface area contributed by atoms with E-state index in [1.165, 1.54) is 0 Å².